The fourth-order valence-corrected chi connectivity index (χ4v) is 3.99. The van der Waals surface area contributed by atoms with E-state index < -0.39 is 12.0 Å². The zero-order valence-electron chi connectivity index (χ0n) is 11.2. The molecule has 0 aliphatic carbocycles. The minimum atomic E-state index is -0.980. The molecular formula is C15H12BrNO3S. The van der Waals surface area contributed by atoms with Crippen LogP contribution in [-0.4, -0.2) is 23.0 Å². The van der Waals surface area contributed by atoms with Gasteiger partial charge in [-0.1, -0.05) is 18.2 Å². The number of rotatable bonds is 2. The number of thiophene rings is 1. The number of aryl methyl sites for hydroxylation is 1. The second kappa shape index (κ2) is 5.27. The number of halogens is 1. The van der Waals surface area contributed by atoms with E-state index in [4.69, 9.17) is 0 Å². The molecule has 21 heavy (non-hydrogen) atoms. The van der Waals surface area contributed by atoms with Crippen LogP contribution in [0.5, 0.6) is 0 Å². The molecular weight excluding hydrogens is 354 g/mol. The summed E-state index contributed by atoms with van der Waals surface area (Å²) < 4.78 is 0.894. The number of benzene rings is 1. The van der Waals surface area contributed by atoms with E-state index in [2.05, 4.69) is 15.9 Å². The van der Waals surface area contributed by atoms with E-state index in [1.54, 1.807) is 12.1 Å². The van der Waals surface area contributed by atoms with E-state index >= 15 is 0 Å². The lowest BCUT2D eigenvalue weighted by molar-refractivity contribution is -0.138. The SMILES string of the molecule is Cc1cc(C(=O)N2c3ccccc3CC2C(=O)O)sc1Br. The van der Waals surface area contributed by atoms with E-state index in [9.17, 15) is 14.7 Å². The number of hydrogen-bond acceptors (Lipinski definition) is 3. The maximum Gasteiger partial charge on any atom is 0.327 e. The topological polar surface area (TPSA) is 57.6 Å². The van der Waals surface area contributed by atoms with Crippen LogP contribution in [0.2, 0.25) is 0 Å². The molecule has 1 unspecified atom stereocenters. The van der Waals surface area contributed by atoms with Crippen LogP contribution in [0.3, 0.4) is 0 Å². The van der Waals surface area contributed by atoms with Crippen molar-refractivity contribution in [2.24, 2.45) is 0 Å². The molecule has 0 bridgehead atoms. The summed E-state index contributed by atoms with van der Waals surface area (Å²) in [5.41, 5.74) is 2.56. The lowest BCUT2D eigenvalue weighted by Gasteiger charge is -2.21. The van der Waals surface area contributed by atoms with Crippen LogP contribution < -0.4 is 4.90 Å². The van der Waals surface area contributed by atoms with Crippen molar-refractivity contribution in [3.05, 3.63) is 50.1 Å². The quantitative estimate of drug-likeness (QED) is 0.886. The molecule has 1 aliphatic heterocycles. The Morgan fingerprint density at radius 1 is 1.38 bits per heavy atom. The van der Waals surface area contributed by atoms with E-state index in [-0.39, 0.29) is 5.91 Å². The molecule has 1 N–H and O–H groups in total. The van der Waals surface area contributed by atoms with E-state index in [1.165, 1.54) is 16.2 Å². The summed E-state index contributed by atoms with van der Waals surface area (Å²) in [6.07, 6.45) is 0.350. The van der Waals surface area contributed by atoms with Gasteiger partial charge in [0.1, 0.15) is 6.04 Å². The van der Waals surface area contributed by atoms with Crippen molar-refractivity contribution < 1.29 is 14.7 Å². The average Bonchev–Trinajstić information content (AvgIpc) is 2.99. The summed E-state index contributed by atoms with van der Waals surface area (Å²) >= 11 is 4.73. The number of fused-ring (bicyclic) bond motifs is 1. The van der Waals surface area contributed by atoms with Crippen LogP contribution >= 0.6 is 27.3 Å². The normalized spacial score (nSPS) is 16.9. The predicted molar refractivity (Wildman–Crippen MR) is 85.1 cm³/mol. The molecule has 0 fully saturated rings. The summed E-state index contributed by atoms with van der Waals surface area (Å²) in [5, 5.41) is 9.41. The summed E-state index contributed by atoms with van der Waals surface area (Å²) in [5.74, 6) is -1.24. The van der Waals surface area contributed by atoms with Gasteiger partial charge < -0.3 is 5.11 Å². The lowest BCUT2D eigenvalue weighted by Crippen LogP contribution is -2.42. The Hall–Kier alpha value is -1.66. The Morgan fingerprint density at radius 2 is 2.10 bits per heavy atom. The molecule has 4 nitrogen and oxygen atoms in total. The minimum absolute atomic E-state index is 0.258. The highest BCUT2D eigenvalue weighted by molar-refractivity contribution is 9.11. The van der Waals surface area contributed by atoms with E-state index in [0.29, 0.717) is 17.0 Å². The molecule has 1 amide bonds. The summed E-state index contributed by atoms with van der Waals surface area (Å²) in [6, 6.07) is 8.30. The van der Waals surface area contributed by atoms with Gasteiger partial charge in [-0.25, -0.2) is 4.79 Å². The first-order valence-corrected chi connectivity index (χ1v) is 8.00. The first kappa shape index (κ1) is 14.3. The monoisotopic (exact) mass is 365 g/mol. The highest BCUT2D eigenvalue weighted by Crippen LogP contribution is 2.36. The summed E-state index contributed by atoms with van der Waals surface area (Å²) in [4.78, 5) is 26.2. The second-order valence-corrected chi connectivity index (χ2v) is 7.30. The van der Waals surface area contributed by atoms with Gasteiger partial charge in [-0.05, 0) is 46.1 Å². The number of nitrogens with zero attached hydrogens (tertiary/aromatic N) is 1. The average molecular weight is 366 g/mol. The van der Waals surface area contributed by atoms with Crippen molar-refractivity contribution in [3.63, 3.8) is 0 Å². The molecule has 108 valence electrons. The van der Waals surface area contributed by atoms with Crippen molar-refractivity contribution in [3.8, 4) is 0 Å². The van der Waals surface area contributed by atoms with Crippen LogP contribution in [-0.2, 0) is 11.2 Å². The number of aliphatic carboxylic acids is 1. The Bertz CT molecular complexity index is 721. The molecule has 0 saturated heterocycles. The van der Waals surface area contributed by atoms with Crippen LogP contribution in [0.1, 0.15) is 20.8 Å². The Labute approximate surface area is 134 Å². The number of amides is 1. The van der Waals surface area contributed by atoms with Crippen molar-refractivity contribution in [2.75, 3.05) is 4.90 Å². The van der Waals surface area contributed by atoms with Gasteiger partial charge in [-0.3, -0.25) is 9.69 Å². The molecule has 2 heterocycles. The highest BCUT2D eigenvalue weighted by atomic mass is 79.9. The maximum atomic E-state index is 12.7. The van der Waals surface area contributed by atoms with E-state index in [1.807, 2.05) is 25.1 Å². The molecule has 6 heteroatoms. The first-order chi connectivity index (χ1) is 9.99. The van der Waals surface area contributed by atoms with Crippen molar-refractivity contribution in [2.45, 2.75) is 19.4 Å². The number of carboxylic acids is 1. The Morgan fingerprint density at radius 3 is 2.71 bits per heavy atom. The third kappa shape index (κ3) is 2.38. The standard InChI is InChI=1S/C15H12BrNO3S/c1-8-6-12(21-13(8)16)14(18)17-10-5-3-2-4-9(10)7-11(17)15(19)20/h2-6,11H,7H2,1H3,(H,19,20). The molecule has 0 saturated carbocycles. The van der Waals surface area contributed by atoms with Gasteiger partial charge in [-0.15, -0.1) is 11.3 Å². The number of para-hydroxylation sites is 1. The molecule has 1 atom stereocenters. The van der Waals surface area contributed by atoms with Gasteiger partial charge in [0, 0.05) is 12.1 Å². The van der Waals surface area contributed by atoms with E-state index in [0.717, 1.165) is 14.9 Å². The third-order valence-corrected chi connectivity index (χ3v) is 5.67. The fraction of sp³-hybridized carbons (Fsp3) is 0.200. The lowest BCUT2D eigenvalue weighted by atomic mass is 10.1. The van der Waals surface area contributed by atoms with Crippen LogP contribution in [0, 0.1) is 6.92 Å². The van der Waals surface area contributed by atoms with Crippen molar-refractivity contribution >= 4 is 44.8 Å². The first-order valence-electron chi connectivity index (χ1n) is 6.39. The Kier molecular flexibility index (Phi) is 3.59. The molecule has 1 aromatic carbocycles. The zero-order valence-corrected chi connectivity index (χ0v) is 13.6. The van der Waals surface area contributed by atoms with Gasteiger partial charge in [0.15, 0.2) is 0 Å². The van der Waals surface area contributed by atoms with Gasteiger partial charge in [0.05, 0.1) is 8.66 Å². The van der Waals surface area contributed by atoms with Crippen LogP contribution in [0.15, 0.2) is 34.1 Å². The van der Waals surface area contributed by atoms with Crippen LogP contribution in [0.4, 0.5) is 5.69 Å². The van der Waals surface area contributed by atoms with Gasteiger partial charge in [-0.2, -0.15) is 0 Å². The molecule has 3 rings (SSSR count). The van der Waals surface area contributed by atoms with Gasteiger partial charge in [0.2, 0.25) is 0 Å². The highest BCUT2D eigenvalue weighted by Gasteiger charge is 2.39. The summed E-state index contributed by atoms with van der Waals surface area (Å²) in [6.45, 7) is 1.91. The number of carbonyl (C=O) groups excluding carboxylic acids is 1. The number of carbonyl (C=O) groups is 2. The fourth-order valence-electron chi connectivity index (χ4n) is 2.52. The molecule has 1 aliphatic rings. The number of carboxylic acid groups (broad SMARTS) is 1. The maximum absolute atomic E-state index is 12.7. The molecule has 2 aromatic rings. The number of hydrogen-bond donors (Lipinski definition) is 1. The van der Waals surface area contributed by atoms with Gasteiger partial charge >= 0.3 is 5.97 Å². The molecule has 1 aromatic heterocycles. The minimum Gasteiger partial charge on any atom is -0.480 e. The molecule has 0 radical (unpaired) electrons. The number of anilines is 1. The third-order valence-electron chi connectivity index (χ3n) is 3.55. The van der Waals surface area contributed by atoms with Crippen molar-refractivity contribution in [1.29, 1.82) is 0 Å². The zero-order chi connectivity index (χ0) is 15.1. The second-order valence-electron chi connectivity index (χ2n) is 4.93. The largest absolute Gasteiger partial charge is 0.480 e. The Balaban J connectivity index is 2.05. The van der Waals surface area contributed by atoms with Crippen LogP contribution in [0.25, 0.3) is 0 Å². The predicted octanol–water partition coefficient (Wildman–Crippen LogP) is 3.48. The van der Waals surface area contributed by atoms with Gasteiger partial charge in [0.25, 0.3) is 5.91 Å². The summed E-state index contributed by atoms with van der Waals surface area (Å²) in [7, 11) is 0. The smallest absolute Gasteiger partial charge is 0.327 e. The molecule has 0 spiro atoms. The van der Waals surface area contributed by atoms with Crippen molar-refractivity contribution in [1.82, 2.24) is 0 Å².